The van der Waals surface area contributed by atoms with Gasteiger partial charge < -0.3 is 20.1 Å². The molecule has 3 rings (SSSR count). The summed E-state index contributed by atoms with van der Waals surface area (Å²) in [7, 11) is 3.00. The number of benzene rings is 3. The van der Waals surface area contributed by atoms with Crippen LogP contribution in [0.4, 0.5) is 21.5 Å². The van der Waals surface area contributed by atoms with E-state index in [2.05, 4.69) is 10.6 Å². The maximum atomic E-state index is 13.3. The van der Waals surface area contributed by atoms with E-state index < -0.39 is 0 Å². The topological polar surface area (TPSA) is 59.6 Å². The predicted octanol–water partition coefficient (Wildman–Crippen LogP) is 4.84. The first-order valence-corrected chi connectivity index (χ1v) is 8.25. The molecule has 5 nitrogen and oxygen atoms in total. The molecule has 0 atom stereocenters. The van der Waals surface area contributed by atoms with E-state index in [1.807, 2.05) is 0 Å². The molecule has 2 N–H and O–H groups in total. The standard InChI is InChI=1S/C21H19FN2O3/c1-26-18-7-4-8-19(27-2)20(18)21(25)24-16-11-9-15(10-12-16)23-17-6-3-5-14(22)13-17/h3-13,23H,1-2H3,(H,24,25). The average Bonchev–Trinajstić information content (AvgIpc) is 2.68. The molecule has 0 saturated carbocycles. The Bertz CT molecular complexity index is 920. The van der Waals surface area contributed by atoms with Crippen molar-refractivity contribution < 1.29 is 18.7 Å². The second-order valence-electron chi connectivity index (χ2n) is 5.70. The van der Waals surface area contributed by atoms with Gasteiger partial charge in [0.1, 0.15) is 22.9 Å². The van der Waals surface area contributed by atoms with Crippen molar-refractivity contribution in [3.8, 4) is 11.5 Å². The lowest BCUT2D eigenvalue weighted by atomic mass is 10.1. The summed E-state index contributed by atoms with van der Waals surface area (Å²) in [6.45, 7) is 0. The molecular weight excluding hydrogens is 347 g/mol. The van der Waals surface area contributed by atoms with Crippen LogP contribution in [0, 0.1) is 5.82 Å². The Kier molecular flexibility index (Phi) is 5.56. The SMILES string of the molecule is COc1cccc(OC)c1C(=O)Nc1ccc(Nc2cccc(F)c2)cc1. The lowest BCUT2D eigenvalue weighted by molar-refractivity contribution is 0.102. The second-order valence-corrected chi connectivity index (χ2v) is 5.70. The third-order valence-corrected chi connectivity index (χ3v) is 3.91. The zero-order chi connectivity index (χ0) is 19.2. The quantitative estimate of drug-likeness (QED) is 0.655. The average molecular weight is 366 g/mol. The van der Waals surface area contributed by atoms with Gasteiger partial charge in [0, 0.05) is 17.1 Å². The summed E-state index contributed by atoms with van der Waals surface area (Å²) in [4.78, 5) is 12.7. The highest BCUT2D eigenvalue weighted by Gasteiger charge is 2.18. The Morgan fingerprint density at radius 3 is 2.00 bits per heavy atom. The first kappa shape index (κ1) is 18.3. The lowest BCUT2D eigenvalue weighted by Gasteiger charge is -2.13. The van der Waals surface area contributed by atoms with Gasteiger partial charge in [-0.3, -0.25) is 4.79 Å². The Morgan fingerprint density at radius 2 is 1.41 bits per heavy atom. The van der Waals surface area contributed by atoms with Gasteiger partial charge in [-0.1, -0.05) is 12.1 Å². The summed E-state index contributed by atoms with van der Waals surface area (Å²) in [5.74, 6) is 0.206. The van der Waals surface area contributed by atoms with Gasteiger partial charge in [-0.2, -0.15) is 0 Å². The summed E-state index contributed by atoms with van der Waals surface area (Å²) in [5.41, 5.74) is 2.35. The summed E-state index contributed by atoms with van der Waals surface area (Å²) < 4.78 is 23.8. The van der Waals surface area contributed by atoms with E-state index in [-0.39, 0.29) is 11.7 Å². The number of hydrogen-bond acceptors (Lipinski definition) is 4. The monoisotopic (exact) mass is 366 g/mol. The minimum atomic E-state index is -0.338. The van der Waals surface area contributed by atoms with Crippen molar-refractivity contribution in [1.82, 2.24) is 0 Å². The largest absolute Gasteiger partial charge is 0.496 e. The van der Waals surface area contributed by atoms with Crippen molar-refractivity contribution >= 4 is 23.0 Å². The maximum Gasteiger partial charge on any atom is 0.263 e. The number of halogens is 1. The number of hydrogen-bond donors (Lipinski definition) is 2. The van der Waals surface area contributed by atoms with Crippen LogP contribution in [0.2, 0.25) is 0 Å². The summed E-state index contributed by atoms with van der Waals surface area (Å²) in [5, 5.41) is 5.92. The van der Waals surface area contributed by atoms with Crippen LogP contribution in [0.3, 0.4) is 0 Å². The minimum Gasteiger partial charge on any atom is -0.496 e. The molecule has 0 unspecified atom stereocenters. The van der Waals surface area contributed by atoms with E-state index in [1.165, 1.54) is 26.4 Å². The van der Waals surface area contributed by atoms with Gasteiger partial charge in [-0.05, 0) is 54.6 Å². The number of methoxy groups -OCH3 is 2. The fourth-order valence-corrected chi connectivity index (χ4v) is 2.64. The zero-order valence-corrected chi connectivity index (χ0v) is 15.0. The molecule has 1 amide bonds. The number of rotatable bonds is 6. The third-order valence-electron chi connectivity index (χ3n) is 3.91. The highest BCUT2D eigenvalue weighted by molar-refractivity contribution is 6.08. The molecule has 0 aliphatic heterocycles. The van der Waals surface area contributed by atoms with Crippen molar-refractivity contribution in [2.45, 2.75) is 0 Å². The van der Waals surface area contributed by atoms with Gasteiger partial charge in [0.05, 0.1) is 14.2 Å². The van der Waals surface area contributed by atoms with Gasteiger partial charge in [0.25, 0.3) is 5.91 Å². The number of amides is 1. The molecule has 0 heterocycles. The number of anilines is 3. The summed E-state index contributed by atoms with van der Waals surface area (Å²) in [6, 6.07) is 18.4. The van der Waals surface area contributed by atoms with Gasteiger partial charge in [0.2, 0.25) is 0 Å². The number of carbonyl (C=O) groups is 1. The Hall–Kier alpha value is -3.54. The molecule has 0 aliphatic carbocycles. The molecule has 0 bridgehead atoms. The molecule has 0 aliphatic rings. The fraction of sp³-hybridized carbons (Fsp3) is 0.0952. The van der Waals surface area contributed by atoms with Crippen molar-refractivity contribution in [2.75, 3.05) is 24.9 Å². The van der Waals surface area contributed by atoms with Crippen LogP contribution in [-0.2, 0) is 0 Å². The molecule has 0 saturated heterocycles. The maximum absolute atomic E-state index is 13.3. The van der Waals surface area contributed by atoms with Crippen LogP contribution in [0.25, 0.3) is 0 Å². The van der Waals surface area contributed by atoms with Crippen LogP contribution < -0.4 is 20.1 Å². The molecule has 3 aromatic carbocycles. The van der Waals surface area contributed by atoms with Crippen LogP contribution >= 0.6 is 0 Å². The predicted molar refractivity (Wildman–Crippen MR) is 104 cm³/mol. The van der Waals surface area contributed by atoms with Crippen LogP contribution in [0.15, 0.2) is 66.7 Å². The first-order valence-electron chi connectivity index (χ1n) is 8.25. The lowest BCUT2D eigenvalue weighted by Crippen LogP contribution is -2.14. The van der Waals surface area contributed by atoms with E-state index in [1.54, 1.807) is 54.6 Å². The number of ether oxygens (including phenoxy) is 2. The Morgan fingerprint density at radius 1 is 0.815 bits per heavy atom. The molecule has 27 heavy (non-hydrogen) atoms. The van der Waals surface area contributed by atoms with Gasteiger partial charge in [-0.15, -0.1) is 0 Å². The minimum absolute atomic E-state index is 0.311. The fourth-order valence-electron chi connectivity index (χ4n) is 2.64. The molecule has 3 aromatic rings. The van der Waals surface area contributed by atoms with Gasteiger partial charge in [-0.25, -0.2) is 4.39 Å². The van der Waals surface area contributed by atoms with Crippen molar-refractivity contribution in [3.05, 3.63) is 78.1 Å². The number of carbonyl (C=O) groups excluding carboxylic acids is 1. The molecule has 0 radical (unpaired) electrons. The van der Waals surface area contributed by atoms with Gasteiger partial charge in [0.15, 0.2) is 0 Å². The normalized spacial score (nSPS) is 10.2. The van der Waals surface area contributed by atoms with Crippen LogP contribution in [-0.4, -0.2) is 20.1 Å². The van der Waals surface area contributed by atoms with Crippen LogP contribution in [0.5, 0.6) is 11.5 Å². The Labute approximate surface area is 156 Å². The van der Waals surface area contributed by atoms with E-state index in [0.29, 0.717) is 28.4 Å². The summed E-state index contributed by atoms with van der Waals surface area (Å²) in [6.07, 6.45) is 0. The molecule has 138 valence electrons. The molecule has 0 aromatic heterocycles. The highest BCUT2D eigenvalue weighted by atomic mass is 19.1. The van der Waals surface area contributed by atoms with E-state index >= 15 is 0 Å². The third kappa shape index (κ3) is 4.36. The first-order chi connectivity index (χ1) is 13.1. The Balaban J connectivity index is 1.74. The number of nitrogens with one attached hydrogen (secondary N) is 2. The molecule has 0 spiro atoms. The van der Waals surface area contributed by atoms with E-state index in [9.17, 15) is 9.18 Å². The highest BCUT2D eigenvalue weighted by Crippen LogP contribution is 2.29. The molecular formula is C21H19FN2O3. The van der Waals surface area contributed by atoms with Gasteiger partial charge >= 0.3 is 0 Å². The van der Waals surface area contributed by atoms with E-state index in [4.69, 9.17) is 9.47 Å². The molecule has 0 fully saturated rings. The summed E-state index contributed by atoms with van der Waals surface area (Å²) >= 11 is 0. The van der Waals surface area contributed by atoms with Crippen molar-refractivity contribution in [2.24, 2.45) is 0 Å². The zero-order valence-electron chi connectivity index (χ0n) is 15.0. The van der Waals surface area contributed by atoms with Crippen molar-refractivity contribution in [3.63, 3.8) is 0 Å². The van der Waals surface area contributed by atoms with Crippen LogP contribution in [0.1, 0.15) is 10.4 Å². The second kappa shape index (κ2) is 8.23. The molecule has 6 heteroatoms. The van der Waals surface area contributed by atoms with E-state index in [0.717, 1.165) is 5.69 Å². The smallest absolute Gasteiger partial charge is 0.263 e. The van der Waals surface area contributed by atoms with Crippen molar-refractivity contribution in [1.29, 1.82) is 0 Å².